The van der Waals surface area contributed by atoms with Crippen LogP contribution in [0.25, 0.3) is 0 Å². The van der Waals surface area contributed by atoms with Gasteiger partial charge in [-0.15, -0.1) is 0 Å². The summed E-state index contributed by atoms with van der Waals surface area (Å²) in [6.07, 6.45) is 5.28. The average molecular weight is 392 g/mol. The van der Waals surface area contributed by atoms with E-state index in [1.807, 2.05) is 35.2 Å². The Morgan fingerprint density at radius 2 is 1.93 bits per heavy atom. The number of fused-ring (bicyclic) bond motifs is 2. The normalized spacial score (nSPS) is 18.7. The highest BCUT2D eigenvalue weighted by Gasteiger charge is 2.37. The van der Waals surface area contributed by atoms with Crippen LogP contribution in [-0.4, -0.2) is 42.5 Å². The summed E-state index contributed by atoms with van der Waals surface area (Å²) >= 11 is 0. The number of nitrogens with one attached hydrogen (secondary N) is 1. The topological polar surface area (TPSA) is 52.7 Å². The van der Waals surface area contributed by atoms with Crippen LogP contribution in [0.15, 0.2) is 48.5 Å². The smallest absolute Gasteiger partial charge is 0.257 e. The van der Waals surface area contributed by atoms with E-state index < -0.39 is 0 Å². The third-order valence-corrected chi connectivity index (χ3v) is 6.02. The lowest BCUT2D eigenvalue weighted by Crippen LogP contribution is -2.55. The van der Waals surface area contributed by atoms with Crippen molar-refractivity contribution in [2.24, 2.45) is 0 Å². The number of nitrogens with zero attached hydrogens (tertiary/aromatic N) is 2. The Labute approximate surface area is 172 Å². The largest absolute Gasteiger partial charge is 0.352 e. The fourth-order valence-electron chi connectivity index (χ4n) is 4.51. The van der Waals surface area contributed by atoms with Crippen molar-refractivity contribution in [3.8, 4) is 0 Å². The first-order chi connectivity index (χ1) is 14.2. The van der Waals surface area contributed by atoms with Gasteiger partial charge in [-0.2, -0.15) is 0 Å². The molecular weight excluding hydrogens is 362 g/mol. The van der Waals surface area contributed by atoms with Gasteiger partial charge in [0.1, 0.15) is 6.17 Å². The van der Waals surface area contributed by atoms with Crippen LogP contribution in [0.3, 0.4) is 0 Å². The molecule has 0 unspecified atom stereocenters. The van der Waals surface area contributed by atoms with Crippen LogP contribution in [0.4, 0.5) is 5.69 Å². The van der Waals surface area contributed by atoms with E-state index in [1.54, 1.807) is 6.07 Å². The third kappa shape index (κ3) is 4.00. The van der Waals surface area contributed by atoms with Crippen LogP contribution in [0.5, 0.6) is 0 Å². The molecule has 1 fully saturated rings. The first-order valence-corrected chi connectivity index (χ1v) is 10.7. The zero-order chi connectivity index (χ0) is 20.2. The number of carbonyl (C=O) groups is 2. The van der Waals surface area contributed by atoms with E-state index in [9.17, 15) is 9.59 Å². The zero-order valence-corrected chi connectivity index (χ0v) is 17.1. The van der Waals surface area contributed by atoms with Crippen molar-refractivity contribution in [1.82, 2.24) is 10.2 Å². The number of carbonyl (C=O) groups excluding carboxylic acids is 2. The molecule has 2 heterocycles. The zero-order valence-electron chi connectivity index (χ0n) is 17.1. The lowest BCUT2D eigenvalue weighted by molar-refractivity contribution is 0.0656. The molecule has 4 rings (SSSR count). The Morgan fingerprint density at radius 1 is 1.10 bits per heavy atom. The van der Waals surface area contributed by atoms with Crippen molar-refractivity contribution in [3.05, 3.63) is 65.2 Å². The molecule has 152 valence electrons. The molecule has 0 spiro atoms. The SMILES string of the molecule is CCN1c2cc(C(=O)NCCc3ccccc3)ccc2C(=O)N2CCCCC[C@@H]21. The molecule has 2 aromatic carbocycles. The molecule has 0 radical (unpaired) electrons. The van der Waals surface area contributed by atoms with E-state index in [4.69, 9.17) is 0 Å². The fraction of sp³-hybridized carbons (Fsp3) is 0.417. The van der Waals surface area contributed by atoms with Gasteiger partial charge in [0.05, 0.1) is 11.3 Å². The maximum Gasteiger partial charge on any atom is 0.257 e. The summed E-state index contributed by atoms with van der Waals surface area (Å²) < 4.78 is 0. The third-order valence-electron chi connectivity index (χ3n) is 6.02. The minimum atomic E-state index is -0.0875. The van der Waals surface area contributed by atoms with Crippen molar-refractivity contribution >= 4 is 17.5 Å². The summed E-state index contributed by atoms with van der Waals surface area (Å²) in [5.74, 6) is 0.0168. The van der Waals surface area contributed by atoms with Crippen LogP contribution < -0.4 is 10.2 Å². The van der Waals surface area contributed by atoms with Crippen molar-refractivity contribution in [2.45, 2.75) is 45.2 Å². The van der Waals surface area contributed by atoms with Gasteiger partial charge in [0.25, 0.3) is 11.8 Å². The molecule has 0 bridgehead atoms. The van der Waals surface area contributed by atoms with E-state index in [0.717, 1.165) is 44.5 Å². The summed E-state index contributed by atoms with van der Waals surface area (Å²) in [6.45, 7) is 4.35. The van der Waals surface area contributed by atoms with Gasteiger partial charge >= 0.3 is 0 Å². The van der Waals surface area contributed by atoms with E-state index >= 15 is 0 Å². The first kappa shape index (κ1) is 19.5. The molecule has 2 aliphatic rings. The number of rotatable bonds is 5. The molecule has 0 saturated carbocycles. The van der Waals surface area contributed by atoms with Crippen LogP contribution in [0.2, 0.25) is 0 Å². The molecule has 1 N–H and O–H groups in total. The van der Waals surface area contributed by atoms with Gasteiger partial charge in [-0.25, -0.2) is 0 Å². The van der Waals surface area contributed by atoms with Gasteiger partial charge in [0.2, 0.25) is 0 Å². The van der Waals surface area contributed by atoms with Gasteiger partial charge < -0.3 is 15.1 Å². The molecule has 29 heavy (non-hydrogen) atoms. The summed E-state index contributed by atoms with van der Waals surface area (Å²) in [6, 6.07) is 15.6. The lowest BCUT2D eigenvalue weighted by Gasteiger charge is -2.44. The average Bonchev–Trinajstić information content (AvgIpc) is 3.01. The Hall–Kier alpha value is -2.82. The summed E-state index contributed by atoms with van der Waals surface area (Å²) in [4.78, 5) is 30.1. The van der Waals surface area contributed by atoms with Gasteiger partial charge in [0.15, 0.2) is 0 Å². The molecule has 2 amide bonds. The monoisotopic (exact) mass is 391 g/mol. The van der Waals surface area contributed by atoms with Crippen molar-refractivity contribution < 1.29 is 9.59 Å². The Bertz CT molecular complexity index is 881. The molecular formula is C24H29N3O2. The van der Waals surface area contributed by atoms with E-state index in [2.05, 4.69) is 29.3 Å². The second-order valence-electron chi connectivity index (χ2n) is 7.84. The van der Waals surface area contributed by atoms with Crippen LogP contribution >= 0.6 is 0 Å². The lowest BCUT2D eigenvalue weighted by atomic mass is 10.0. The molecule has 1 atom stereocenters. The minimum Gasteiger partial charge on any atom is -0.352 e. The van der Waals surface area contributed by atoms with Crippen molar-refractivity contribution in [2.75, 3.05) is 24.5 Å². The second kappa shape index (κ2) is 8.68. The summed E-state index contributed by atoms with van der Waals surface area (Å²) in [7, 11) is 0. The minimum absolute atomic E-state index is 0.0875. The van der Waals surface area contributed by atoms with Crippen molar-refractivity contribution in [3.63, 3.8) is 0 Å². The van der Waals surface area contributed by atoms with E-state index in [1.165, 1.54) is 12.0 Å². The number of hydrogen-bond donors (Lipinski definition) is 1. The van der Waals surface area contributed by atoms with Gasteiger partial charge in [0, 0.05) is 25.2 Å². The number of benzene rings is 2. The van der Waals surface area contributed by atoms with Gasteiger partial charge in [-0.3, -0.25) is 9.59 Å². The standard InChI is InChI=1S/C24H29N3O2/c1-2-26-21-17-19(23(28)25-15-14-18-9-5-3-6-10-18)12-13-20(21)24(29)27-16-8-4-7-11-22(26)27/h3,5-6,9-10,12-13,17,22H,2,4,7-8,11,14-16H2,1H3,(H,25,28)/t22-/m1/s1. The maximum absolute atomic E-state index is 13.1. The first-order valence-electron chi connectivity index (χ1n) is 10.7. The molecule has 0 aromatic heterocycles. The number of amides is 2. The summed E-state index contributed by atoms with van der Waals surface area (Å²) in [5, 5.41) is 3.01. The second-order valence-corrected chi connectivity index (χ2v) is 7.84. The fourth-order valence-corrected chi connectivity index (χ4v) is 4.51. The Kier molecular flexibility index (Phi) is 5.84. The molecule has 0 aliphatic carbocycles. The summed E-state index contributed by atoms with van der Waals surface area (Å²) in [5.41, 5.74) is 3.43. The number of anilines is 1. The van der Waals surface area contributed by atoms with Crippen molar-refractivity contribution in [1.29, 1.82) is 0 Å². The van der Waals surface area contributed by atoms with Crippen LogP contribution in [-0.2, 0) is 6.42 Å². The molecule has 5 nitrogen and oxygen atoms in total. The molecule has 2 aliphatic heterocycles. The van der Waals surface area contributed by atoms with Crippen LogP contribution in [0, 0.1) is 0 Å². The highest BCUT2D eigenvalue weighted by molar-refractivity contribution is 6.04. The molecule has 1 saturated heterocycles. The predicted molar refractivity (Wildman–Crippen MR) is 115 cm³/mol. The highest BCUT2D eigenvalue weighted by Crippen LogP contribution is 2.35. The Morgan fingerprint density at radius 3 is 2.72 bits per heavy atom. The van der Waals surface area contributed by atoms with Crippen LogP contribution in [0.1, 0.15) is 58.9 Å². The number of hydrogen-bond acceptors (Lipinski definition) is 3. The Balaban J connectivity index is 1.52. The molecule has 5 heteroatoms. The predicted octanol–water partition coefficient (Wildman–Crippen LogP) is 3.84. The van der Waals surface area contributed by atoms with E-state index in [-0.39, 0.29) is 18.0 Å². The highest BCUT2D eigenvalue weighted by atomic mass is 16.2. The van der Waals surface area contributed by atoms with Gasteiger partial charge in [-0.05, 0) is 56.4 Å². The maximum atomic E-state index is 13.1. The van der Waals surface area contributed by atoms with Gasteiger partial charge in [-0.1, -0.05) is 36.8 Å². The molecule has 2 aromatic rings. The van der Waals surface area contributed by atoms with E-state index in [0.29, 0.717) is 17.7 Å². The quantitative estimate of drug-likeness (QED) is 0.843.